The van der Waals surface area contributed by atoms with Crippen molar-refractivity contribution in [1.29, 1.82) is 0 Å². The van der Waals surface area contributed by atoms with Crippen molar-refractivity contribution in [2.45, 2.75) is 19.4 Å². The Morgan fingerprint density at radius 2 is 1.82 bits per heavy atom. The maximum Gasteiger partial charge on any atom is 0.248 e. The maximum absolute atomic E-state index is 12.7. The van der Waals surface area contributed by atoms with Gasteiger partial charge in [0.05, 0.1) is 12.7 Å². The first-order valence-corrected chi connectivity index (χ1v) is 11.6. The van der Waals surface area contributed by atoms with E-state index < -0.39 is 6.10 Å². The van der Waals surface area contributed by atoms with Crippen LogP contribution in [-0.4, -0.2) is 30.3 Å². The van der Waals surface area contributed by atoms with Crippen LogP contribution in [0.5, 0.6) is 5.75 Å². The lowest BCUT2D eigenvalue weighted by atomic mass is 9.97. The minimum Gasteiger partial charge on any atom is -0.494 e. The highest BCUT2D eigenvalue weighted by Crippen LogP contribution is 2.29. The summed E-state index contributed by atoms with van der Waals surface area (Å²) in [6, 6.07) is 21.1. The van der Waals surface area contributed by atoms with E-state index in [1.807, 2.05) is 79.7 Å². The van der Waals surface area contributed by atoms with Gasteiger partial charge in [-0.05, 0) is 60.0 Å². The Morgan fingerprint density at radius 1 is 1.12 bits per heavy atom. The lowest BCUT2D eigenvalue weighted by Crippen LogP contribution is -2.28. The SMILES string of the molecule is CCOc1ccc(C(=CC=CC(=O)Nc2cccc3c2CC(O)CN3)c2ccc(Cl)cc2)cc1. The van der Waals surface area contributed by atoms with Crippen molar-refractivity contribution in [2.24, 2.45) is 0 Å². The van der Waals surface area contributed by atoms with Gasteiger partial charge in [-0.15, -0.1) is 0 Å². The minimum absolute atomic E-state index is 0.244. The topological polar surface area (TPSA) is 70.6 Å². The standard InChI is InChI=1S/C28H27ClN2O3/c1-2-34-23-15-11-20(12-16-23)24(19-9-13-21(29)14-10-19)5-3-8-28(33)31-27-7-4-6-26-25(27)17-22(32)18-30-26/h3-16,22,30,32H,2,17-18H2,1H3,(H,31,33). The molecule has 1 aliphatic rings. The number of halogens is 1. The Morgan fingerprint density at radius 3 is 2.53 bits per heavy atom. The summed E-state index contributed by atoms with van der Waals surface area (Å²) < 4.78 is 5.55. The summed E-state index contributed by atoms with van der Waals surface area (Å²) in [7, 11) is 0. The molecule has 3 aromatic carbocycles. The smallest absolute Gasteiger partial charge is 0.248 e. The normalized spacial score (nSPS) is 15.5. The second-order valence-corrected chi connectivity index (χ2v) is 8.40. The minimum atomic E-state index is -0.472. The molecule has 1 unspecified atom stereocenters. The summed E-state index contributed by atoms with van der Waals surface area (Å²) in [4.78, 5) is 12.7. The summed E-state index contributed by atoms with van der Waals surface area (Å²) in [6.07, 6.45) is 5.17. The quantitative estimate of drug-likeness (QED) is 0.303. The van der Waals surface area contributed by atoms with Gasteiger partial charge in [0.2, 0.25) is 5.91 Å². The van der Waals surface area contributed by atoms with Crippen LogP contribution in [0.4, 0.5) is 11.4 Å². The Hall–Kier alpha value is -3.54. The zero-order valence-electron chi connectivity index (χ0n) is 18.9. The molecule has 1 heterocycles. The van der Waals surface area contributed by atoms with Crippen LogP contribution >= 0.6 is 11.6 Å². The molecule has 174 valence electrons. The first-order chi connectivity index (χ1) is 16.5. The number of β-amino-alcohol motifs (C(OH)–C–C–N with tert-alkyl or cyclic N) is 1. The molecule has 4 rings (SSSR count). The lowest BCUT2D eigenvalue weighted by molar-refractivity contribution is -0.111. The number of fused-ring (bicyclic) bond motifs is 1. The summed E-state index contributed by atoms with van der Waals surface area (Å²) in [5, 5.41) is 16.8. The van der Waals surface area contributed by atoms with Gasteiger partial charge < -0.3 is 20.5 Å². The molecule has 0 aliphatic carbocycles. The summed E-state index contributed by atoms with van der Waals surface area (Å²) in [5.74, 6) is 0.564. The zero-order valence-corrected chi connectivity index (χ0v) is 19.7. The number of benzene rings is 3. The van der Waals surface area contributed by atoms with E-state index in [0.29, 0.717) is 30.3 Å². The fourth-order valence-corrected chi connectivity index (χ4v) is 4.04. The number of rotatable bonds is 7. The van der Waals surface area contributed by atoms with E-state index in [0.717, 1.165) is 33.7 Å². The molecule has 5 nitrogen and oxygen atoms in total. The van der Waals surface area contributed by atoms with E-state index in [9.17, 15) is 9.90 Å². The highest BCUT2D eigenvalue weighted by Gasteiger charge is 2.19. The highest BCUT2D eigenvalue weighted by molar-refractivity contribution is 6.30. The number of aliphatic hydroxyl groups excluding tert-OH is 1. The number of anilines is 2. The summed E-state index contributed by atoms with van der Waals surface area (Å²) >= 11 is 6.08. The molecule has 1 amide bonds. The molecular formula is C28H27ClN2O3. The van der Waals surface area contributed by atoms with Gasteiger partial charge in [-0.25, -0.2) is 0 Å². The number of hydrogen-bond donors (Lipinski definition) is 3. The average Bonchev–Trinajstić information content (AvgIpc) is 2.84. The third kappa shape index (κ3) is 5.87. The van der Waals surface area contributed by atoms with Crippen LogP contribution in [0.15, 0.2) is 85.0 Å². The monoisotopic (exact) mass is 474 g/mol. The molecule has 0 saturated carbocycles. The molecule has 0 radical (unpaired) electrons. The first kappa shape index (κ1) is 23.6. The Kier molecular flexibility index (Phi) is 7.68. The average molecular weight is 475 g/mol. The second-order valence-electron chi connectivity index (χ2n) is 7.96. The molecule has 34 heavy (non-hydrogen) atoms. The Bertz CT molecular complexity index is 1200. The van der Waals surface area contributed by atoms with Gasteiger partial charge in [-0.1, -0.05) is 54.1 Å². The van der Waals surface area contributed by atoms with Gasteiger partial charge >= 0.3 is 0 Å². The first-order valence-electron chi connectivity index (χ1n) is 11.3. The molecule has 0 fully saturated rings. The van der Waals surface area contributed by atoms with Crippen molar-refractivity contribution in [1.82, 2.24) is 0 Å². The zero-order chi connectivity index (χ0) is 23.9. The van der Waals surface area contributed by atoms with E-state index in [1.54, 1.807) is 6.08 Å². The number of amides is 1. The Labute approximate surface area is 204 Å². The molecule has 1 aliphatic heterocycles. The largest absolute Gasteiger partial charge is 0.494 e. The van der Waals surface area contributed by atoms with Crippen molar-refractivity contribution in [2.75, 3.05) is 23.8 Å². The van der Waals surface area contributed by atoms with Gasteiger partial charge in [-0.3, -0.25) is 4.79 Å². The number of ether oxygens (including phenoxy) is 1. The molecule has 0 saturated heterocycles. The molecule has 6 heteroatoms. The van der Waals surface area contributed by atoms with Crippen molar-refractivity contribution in [3.05, 3.63) is 107 Å². The third-order valence-corrected chi connectivity index (χ3v) is 5.80. The van der Waals surface area contributed by atoms with Crippen LogP contribution in [0.2, 0.25) is 5.02 Å². The fraction of sp³-hybridized carbons (Fsp3) is 0.179. The van der Waals surface area contributed by atoms with Gasteiger partial charge in [0.25, 0.3) is 0 Å². The van der Waals surface area contributed by atoms with Crippen LogP contribution in [-0.2, 0) is 11.2 Å². The molecule has 3 aromatic rings. The van der Waals surface area contributed by atoms with Crippen molar-refractivity contribution >= 4 is 34.5 Å². The molecule has 0 spiro atoms. The predicted molar refractivity (Wildman–Crippen MR) is 139 cm³/mol. The van der Waals surface area contributed by atoms with E-state index >= 15 is 0 Å². The molecule has 1 atom stereocenters. The molecule has 3 N–H and O–H groups in total. The number of allylic oxidation sites excluding steroid dienone is 2. The molecular weight excluding hydrogens is 448 g/mol. The van der Waals surface area contributed by atoms with Crippen LogP contribution in [0.1, 0.15) is 23.6 Å². The van der Waals surface area contributed by atoms with E-state index in [-0.39, 0.29) is 5.91 Å². The Balaban J connectivity index is 1.55. The lowest BCUT2D eigenvalue weighted by Gasteiger charge is -2.24. The third-order valence-electron chi connectivity index (χ3n) is 5.54. The number of nitrogens with one attached hydrogen (secondary N) is 2. The summed E-state index contributed by atoms with van der Waals surface area (Å²) in [6.45, 7) is 3.07. The molecule has 0 bridgehead atoms. The molecule has 0 aromatic heterocycles. The van der Waals surface area contributed by atoms with E-state index in [2.05, 4.69) is 10.6 Å². The van der Waals surface area contributed by atoms with Gasteiger partial charge in [-0.2, -0.15) is 0 Å². The number of carbonyl (C=O) groups excluding carboxylic acids is 1. The van der Waals surface area contributed by atoms with Crippen LogP contribution in [0, 0.1) is 0 Å². The second kappa shape index (κ2) is 11.1. The predicted octanol–water partition coefficient (Wildman–Crippen LogP) is 5.69. The number of carbonyl (C=O) groups is 1. The maximum atomic E-state index is 12.7. The van der Waals surface area contributed by atoms with Crippen LogP contribution in [0.25, 0.3) is 5.57 Å². The van der Waals surface area contributed by atoms with Crippen LogP contribution in [0.3, 0.4) is 0 Å². The van der Waals surface area contributed by atoms with Gasteiger partial charge in [0.1, 0.15) is 5.75 Å². The number of hydrogen-bond acceptors (Lipinski definition) is 4. The highest BCUT2D eigenvalue weighted by atomic mass is 35.5. The van der Waals surface area contributed by atoms with Crippen molar-refractivity contribution < 1.29 is 14.6 Å². The number of aliphatic hydroxyl groups is 1. The van der Waals surface area contributed by atoms with E-state index in [1.165, 1.54) is 6.08 Å². The van der Waals surface area contributed by atoms with Gasteiger partial charge in [0, 0.05) is 41.0 Å². The van der Waals surface area contributed by atoms with E-state index in [4.69, 9.17) is 16.3 Å². The van der Waals surface area contributed by atoms with Gasteiger partial charge in [0.15, 0.2) is 0 Å². The summed E-state index contributed by atoms with van der Waals surface area (Å²) in [5.41, 5.74) is 5.48. The fourth-order valence-electron chi connectivity index (χ4n) is 3.92. The van der Waals surface area contributed by atoms with Crippen molar-refractivity contribution in [3.63, 3.8) is 0 Å². The van der Waals surface area contributed by atoms with Crippen LogP contribution < -0.4 is 15.4 Å². The van der Waals surface area contributed by atoms with Crippen molar-refractivity contribution in [3.8, 4) is 5.75 Å².